The molecule has 8 aromatic carbocycles. The molecule has 0 atom stereocenters. The molecule has 8 aromatic rings. The van der Waals surface area contributed by atoms with Gasteiger partial charge in [0.2, 0.25) is 0 Å². The molecule has 0 N–H and O–H groups in total. The van der Waals surface area contributed by atoms with Gasteiger partial charge >= 0.3 is 71.9 Å². The average molecular weight is 1300 g/mol. The predicted molar refractivity (Wildman–Crippen MR) is 264 cm³/mol. The Kier molecular flexibility index (Phi) is 19.4. The van der Waals surface area contributed by atoms with Crippen LogP contribution in [0.2, 0.25) is 0 Å². The molecule has 0 aliphatic carbocycles. The third-order valence-electron chi connectivity index (χ3n) is 9.72. The van der Waals surface area contributed by atoms with Gasteiger partial charge in [0, 0.05) is 0 Å². The number of halogens is 4. The summed E-state index contributed by atoms with van der Waals surface area (Å²) in [5.74, 6) is 0.121. The molecule has 0 spiro atoms. The monoisotopic (exact) mass is 1290 g/mol. The Balaban J connectivity index is 0.000000208. The van der Waals surface area contributed by atoms with Gasteiger partial charge in [-0.2, -0.15) is 0 Å². The number of hydrogen-bond donors (Lipinski definition) is 0. The second kappa shape index (κ2) is 24.4. The molecule has 0 saturated carbocycles. The molecule has 0 fully saturated rings. The molecule has 0 aliphatic heterocycles. The summed E-state index contributed by atoms with van der Waals surface area (Å²) in [5.41, 5.74) is 1.43. The summed E-state index contributed by atoms with van der Waals surface area (Å²) in [5, 5.41) is 7.06. The zero-order valence-electron chi connectivity index (χ0n) is 33.1. The van der Waals surface area contributed by atoms with Crippen LogP contribution in [0.5, 0.6) is 0 Å². The molecule has 10 heteroatoms. The van der Waals surface area contributed by atoms with Gasteiger partial charge in [-0.25, -0.2) is 0 Å². The summed E-state index contributed by atoms with van der Waals surface area (Å²) < 4.78 is 0. The normalized spacial score (nSPS) is 11.2. The Morgan fingerprint density at radius 1 is 0.306 bits per heavy atom. The predicted octanol–water partition coefficient (Wildman–Crippen LogP) is 12.8. The van der Waals surface area contributed by atoms with Gasteiger partial charge < -0.3 is 9.59 Å². The maximum absolute atomic E-state index is 13.4. The summed E-state index contributed by atoms with van der Waals surface area (Å²) in [6.07, 6.45) is 3.95. The molecule has 0 amide bonds. The minimum atomic E-state index is -3.00. The Bertz CT molecular complexity index is 2170. The van der Waals surface area contributed by atoms with Crippen molar-refractivity contribution in [3.05, 3.63) is 266 Å². The fraction of sp³-hybridized carbons (Fsp3) is 0. The van der Waals surface area contributed by atoms with E-state index in [1.165, 1.54) is 31.8 Å². The number of rotatable bonds is 12. The molecule has 322 valence electrons. The number of ketones is 2. The van der Waals surface area contributed by atoms with E-state index in [2.05, 4.69) is 146 Å². The van der Waals surface area contributed by atoms with Crippen molar-refractivity contribution in [1.82, 2.24) is 0 Å². The molecule has 2 nitrogen and oxygen atoms in total. The van der Waals surface area contributed by atoms with Crippen molar-refractivity contribution in [3.8, 4) is 0 Å². The molecule has 0 unspecified atom stereocenters. The quantitative estimate of drug-likeness (QED) is 0.0529. The van der Waals surface area contributed by atoms with Crippen LogP contribution in [-0.4, -0.2) is 11.6 Å². The average Bonchev–Trinajstić information content (AvgIpc) is 3.32. The first-order valence-corrected chi connectivity index (χ1v) is 33.5. The number of Topliss-reactive ketones (excluding diaryl/α,β-unsaturated/α-hetero) is 2. The maximum atomic E-state index is 13.4. The van der Waals surface area contributed by atoms with Crippen LogP contribution in [0.25, 0.3) is 0 Å². The van der Waals surface area contributed by atoms with E-state index in [1.807, 2.05) is 109 Å². The summed E-state index contributed by atoms with van der Waals surface area (Å²) in [4.78, 5) is 26.7. The van der Waals surface area contributed by atoms with Crippen LogP contribution in [0.1, 0.15) is 20.7 Å². The fourth-order valence-corrected chi connectivity index (χ4v) is 14.6. The molecule has 0 aromatic heterocycles. The van der Waals surface area contributed by atoms with Crippen molar-refractivity contribution in [1.29, 1.82) is 0 Å². The minimum absolute atomic E-state index is 0. The van der Waals surface area contributed by atoms with Crippen LogP contribution in [0.15, 0.2) is 243 Å². The molecule has 0 heterocycles. The van der Waals surface area contributed by atoms with Crippen LogP contribution < -0.4 is 31.8 Å². The summed E-state index contributed by atoms with van der Waals surface area (Å²) >= 11 is -3.00. The summed E-state index contributed by atoms with van der Waals surface area (Å²) in [6, 6.07) is 81.5. The van der Waals surface area contributed by atoms with Crippen LogP contribution in [0.4, 0.5) is 0 Å². The van der Waals surface area contributed by atoms with Gasteiger partial charge in [-0.05, 0) is 85.1 Å². The van der Waals surface area contributed by atoms with Gasteiger partial charge in [-0.1, -0.05) is 146 Å². The van der Waals surface area contributed by atoms with E-state index in [4.69, 9.17) is 36.8 Å². The van der Waals surface area contributed by atoms with E-state index < -0.39 is 27.3 Å². The number of carbonyl (C=O) groups excluding carboxylic acids is 2. The summed E-state index contributed by atoms with van der Waals surface area (Å²) in [6.45, 7) is 0. The number of carbonyl (C=O) groups is 2. The van der Waals surface area contributed by atoms with E-state index >= 15 is 0 Å². The van der Waals surface area contributed by atoms with E-state index in [9.17, 15) is 9.59 Å². The molecule has 0 saturated heterocycles. The Hall–Kier alpha value is -3.66. The van der Waals surface area contributed by atoms with Crippen molar-refractivity contribution in [2.75, 3.05) is 0 Å². The van der Waals surface area contributed by atoms with Crippen LogP contribution in [0, 0.1) is 12.3 Å². The molecule has 0 bridgehead atoms. The summed E-state index contributed by atoms with van der Waals surface area (Å²) in [7, 11) is 15.5. The first kappa shape index (κ1) is 49.4. The van der Waals surface area contributed by atoms with Crippen molar-refractivity contribution in [3.63, 3.8) is 0 Å². The van der Waals surface area contributed by atoms with Gasteiger partial charge in [0.15, 0.2) is 0 Å². The first-order chi connectivity index (χ1) is 29.6. The van der Waals surface area contributed by atoms with Crippen LogP contribution in [0.3, 0.4) is 0 Å². The molecular weight excluding hydrogens is 1250 g/mol. The topological polar surface area (TPSA) is 34.1 Å². The zero-order valence-corrected chi connectivity index (χ0v) is 42.2. The second-order valence-corrected chi connectivity index (χ2v) is 38.7. The SMILES string of the molecule is O=C([CH-][P+](c1ccccc1)(c1ccccc1)c1ccccc1)c1ccccc1.O=C([CH-][P+](c1ccccc1)(c1ccccc1)c1ccccc1)c1ccccc1.[Au+].[Cl][Au-]([Cl])([Cl])[Cl]. The van der Waals surface area contributed by atoms with Crippen LogP contribution in [-0.2, 0) is 35.2 Å². The van der Waals surface area contributed by atoms with Crippen molar-refractivity contribution >= 4 is 94.7 Å². The van der Waals surface area contributed by atoms with Crippen LogP contribution >= 0.6 is 51.3 Å². The van der Waals surface area contributed by atoms with Gasteiger partial charge in [-0.15, -0.1) is 35.4 Å². The Morgan fingerprint density at radius 2 is 0.452 bits per heavy atom. The standard InChI is InChI=1S/2C26H21OP.2Au.4ClH/c2*27-26(22-13-5-1-6-14-22)21-28(23-15-7-2-8-16-23,24-17-9-3-10-18-24)25-19-11-4-12-20-25;;;;;;/h2*1-21H;;;4*1H/q;;+1;+3;;;;/p-4. The van der Waals surface area contributed by atoms with Gasteiger partial charge in [-0.3, -0.25) is 0 Å². The van der Waals surface area contributed by atoms with Crippen molar-refractivity contribution in [2.24, 2.45) is 0 Å². The Labute approximate surface area is 401 Å². The Morgan fingerprint density at radius 3 is 0.613 bits per heavy atom. The van der Waals surface area contributed by atoms with E-state index in [0.717, 1.165) is 11.1 Å². The van der Waals surface area contributed by atoms with E-state index in [1.54, 1.807) is 0 Å². The third kappa shape index (κ3) is 13.2. The second-order valence-electron chi connectivity index (χ2n) is 13.4. The first-order valence-electron chi connectivity index (χ1n) is 19.1. The molecular formula is C52H42Au2Cl4O2P2. The number of benzene rings is 8. The van der Waals surface area contributed by atoms with Crippen molar-refractivity contribution in [2.45, 2.75) is 0 Å². The third-order valence-corrected chi connectivity index (χ3v) is 17.6. The van der Waals surface area contributed by atoms with Gasteiger partial charge in [0.1, 0.15) is 0 Å². The molecule has 0 radical (unpaired) electrons. The van der Waals surface area contributed by atoms with E-state index in [0.29, 0.717) is 0 Å². The molecule has 8 rings (SSSR count). The van der Waals surface area contributed by atoms with Crippen molar-refractivity contribution < 1.29 is 44.8 Å². The molecule has 0 aliphatic rings. The van der Waals surface area contributed by atoms with Gasteiger partial charge in [0.05, 0.1) is 57.9 Å². The van der Waals surface area contributed by atoms with Gasteiger partial charge in [0.25, 0.3) is 0 Å². The zero-order chi connectivity index (χ0) is 43.0. The molecule has 62 heavy (non-hydrogen) atoms. The van der Waals surface area contributed by atoms with E-state index in [-0.39, 0.29) is 33.9 Å². The fourth-order valence-electron chi connectivity index (χ4n) is 7.03. The number of hydrogen-bond acceptors (Lipinski definition) is 2.